The Hall–Kier alpha value is -2.10. The van der Waals surface area contributed by atoms with Gasteiger partial charge in [-0.25, -0.2) is 0 Å². The van der Waals surface area contributed by atoms with Crippen molar-refractivity contribution in [1.29, 1.82) is 0 Å². The van der Waals surface area contributed by atoms with E-state index in [-0.39, 0.29) is 11.9 Å². The molecule has 0 bridgehead atoms. The number of aryl methyl sites for hydroxylation is 2. The van der Waals surface area contributed by atoms with E-state index in [4.69, 9.17) is 4.52 Å². The van der Waals surface area contributed by atoms with Gasteiger partial charge in [-0.15, -0.1) is 0 Å². The fourth-order valence-electron chi connectivity index (χ4n) is 3.52. The van der Waals surface area contributed by atoms with E-state index >= 15 is 0 Å². The van der Waals surface area contributed by atoms with Crippen molar-refractivity contribution >= 4 is 5.91 Å². The maximum atomic E-state index is 12.1. The fraction of sp³-hybridized carbons (Fsp3) is 0.412. The summed E-state index contributed by atoms with van der Waals surface area (Å²) in [6, 6.07) is 6.25. The highest BCUT2D eigenvalue weighted by Gasteiger charge is 2.37. The van der Waals surface area contributed by atoms with Crippen LogP contribution in [0.25, 0.3) is 11.1 Å². The summed E-state index contributed by atoms with van der Waals surface area (Å²) >= 11 is 0. The molecule has 1 aliphatic heterocycles. The van der Waals surface area contributed by atoms with Gasteiger partial charge >= 0.3 is 0 Å². The number of nitrogens with zero attached hydrogens (tertiary/aromatic N) is 1. The predicted molar refractivity (Wildman–Crippen MR) is 79.0 cm³/mol. The molecule has 1 unspecified atom stereocenters. The summed E-state index contributed by atoms with van der Waals surface area (Å²) in [4.78, 5) is 12.1. The molecule has 4 nitrogen and oxygen atoms in total. The van der Waals surface area contributed by atoms with Crippen LogP contribution in [0.2, 0.25) is 0 Å². The van der Waals surface area contributed by atoms with E-state index in [1.54, 1.807) is 0 Å². The van der Waals surface area contributed by atoms with Gasteiger partial charge in [0.2, 0.25) is 0 Å². The van der Waals surface area contributed by atoms with Gasteiger partial charge in [-0.2, -0.15) is 0 Å². The molecule has 2 aromatic rings. The minimum absolute atomic E-state index is 0.0622. The molecule has 1 fully saturated rings. The van der Waals surface area contributed by atoms with Crippen LogP contribution in [0, 0.1) is 19.8 Å². The summed E-state index contributed by atoms with van der Waals surface area (Å²) < 4.78 is 5.26. The monoisotopic (exact) mass is 282 g/mol. The molecule has 0 saturated heterocycles. The first-order valence-electron chi connectivity index (χ1n) is 7.53. The third-order valence-corrected chi connectivity index (χ3v) is 4.86. The van der Waals surface area contributed by atoms with Crippen molar-refractivity contribution in [3.63, 3.8) is 0 Å². The minimum Gasteiger partial charge on any atom is -0.361 e. The number of hydrogen-bond acceptors (Lipinski definition) is 3. The largest absolute Gasteiger partial charge is 0.361 e. The second-order valence-corrected chi connectivity index (χ2v) is 6.14. The van der Waals surface area contributed by atoms with Crippen LogP contribution in [0.3, 0.4) is 0 Å². The van der Waals surface area contributed by atoms with E-state index in [1.807, 2.05) is 26.0 Å². The number of fused-ring (bicyclic) bond motifs is 1. The lowest BCUT2D eigenvalue weighted by Crippen LogP contribution is -2.29. The van der Waals surface area contributed by atoms with Crippen molar-refractivity contribution in [1.82, 2.24) is 10.5 Å². The van der Waals surface area contributed by atoms with Gasteiger partial charge in [0.15, 0.2) is 0 Å². The quantitative estimate of drug-likeness (QED) is 0.916. The number of hydrogen-bond donors (Lipinski definition) is 1. The molecule has 1 aliphatic carbocycles. The van der Waals surface area contributed by atoms with Crippen molar-refractivity contribution in [3.05, 3.63) is 40.8 Å². The fourth-order valence-corrected chi connectivity index (χ4v) is 3.52. The molecular weight excluding hydrogens is 264 g/mol. The molecule has 1 atom stereocenters. The topological polar surface area (TPSA) is 55.1 Å². The summed E-state index contributed by atoms with van der Waals surface area (Å²) in [5.41, 5.74) is 4.99. The third kappa shape index (κ3) is 1.82. The molecule has 108 valence electrons. The van der Waals surface area contributed by atoms with Gasteiger partial charge in [0.05, 0.1) is 11.7 Å². The van der Waals surface area contributed by atoms with E-state index < -0.39 is 0 Å². The summed E-state index contributed by atoms with van der Waals surface area (Å²) in [7, 11) is 0. The molecule has 4 rings (SSSR count). The number of rotatable bonds is 2. The maximum absolute atomic E-state index is 12.1. The average molecular weight is 282 g/mol. The Bertz CT molecular complexity index is 709. The predicted octanol–water partition coefficient (Wildman–Crippen LogP) is 3.54. The molecule has 2 aliphatic rings. The molecule has 1 saturated carbocycles. The number of amides is 1. The van der Waals surface area contributed by atoms with Crippen LogP contribution >= 0.6 is 0 Å². The molecule has 4 heteroatoms. The van der Waals surface area contributed by atoms with E-state index in [9.17, 15) is 4.79 Å². The van der Waals surface area contributed by atoms with Crippen molar-refractivity contribution in [3.8, 4) is 11.1 Å². The van der Waals surface area contributed by atoms with Gasteiger partial charge in [-0.05, 0) is 55.9 Å². The molecule has 21 heavy (non-hydrogen) atoms. The number of carbonyl (C=O) groups excluding carboxylic acids is 1. The zero-order valence-corrected chi connectivity index (χ0v) is 12.3. The Labute approximate surface area is 123 Å². The SMILES string of the molecule is Cc1noc(C)c1-c1ccc2c(c1)C(C1CCC1)NC2=O. The number of aromatic nitrogens is 1. The Morgan fingerprint density at radius 1 is 1.29 bits per heavy atom. The van der Waals surface area contributed by atoms with Crippen molar-refractivity contribution in [2.24, 2.45) is 5.92 Å². The molecule has 2 heterocycles. The first kappa shape index (κ1) is 12.6. The maximum Gasteiger partial charge on any atom is 0.252 e. The number of nitrogens with one attached hydrogen (secondary N) is 1. The van der Waals surface area contributed by atoms with E-state index in [2.05, 4.69) is 16.5 Å². The molecular formula is C17H18N2O2. The molecule has 1 N–H and O–H groups in total. The standard InChI is InChI=1S/C17H18N2O2/c1-9-15(10(2)21-19-9)12-6-7-13-14(8-12)16(18-17(13)20)11-4-3-5-11/h6-8,11,16H,3-5H2,1-2H3,(H,18,20). The molecule has 0 radical (unpaired) electrons. The van der Waals surface area contributed by atoms with Gasteiger partial charge in [0, 0.05) is 11.1 Å². The van der Waals surface area contributed by atoms with E-state index in [0.717, 1.165) is 33.7 Å². The Balaban J connectivity index is 1.81. The first-order valence-corrected chi connectivity index (χ1v) is 7.53. The van der Waals surface area contributed by atoms with Crippen LogP contribution in [0.4, 0.5) is 0 Å². The third-order valence-electron chi connectivity index (χ3n) is 4.86. The smallest absolute Gasteiger partial charge is 0.252 e. The molecule has 1 aromatic carbocycles. The highest BCUT2D eigenvalue weighted by Crippen LogP contribution is 2.43. The zero-order chi connectivity index (χ0) is 14.6. The summed E-state index contributed by atoms with van der Waals surface area (Å²) in [6.45, 7) is 3.88. The minimum atomic E-state index is 0.0622. The van der Waals surface area contributed by atoms with E-state index in [0.29, 0.717) is 5.92 Å². The van der Waals surface area contributed by atoms with Crippen LogP contribution in [-0.2, 0) is 0 Å². The van der Waals surface area contributed by atoms with Crippen LogP contribution in [-0.4, -0.2) is 11.1 Å². The average Bonchev–Trinajstić information content (AvgIpc) is 2.89. The van der Waals surface area contributed by atoms with Gasteiger partial charge in [0.1, 0.15) is 5.76 Å². The first-order chi connectivity index (χ1) is 10.1. The highest BCUT2D eigenvalue weighted by atomic mass is 16.5. The second kappa shape index (κ2) is 4.45. The van der Waals surface area contributed by atoms with Crippen molar-refractivity contribution in [2.75, 3.05) is 0 Å². The summed E-state index contributed by atoms with van der Waals surface area (Å²) in [5.74, 6) is 1.48. The second-order valence-electron chi connectivity index (χ2n) is 6.14. The van der Waals surface area contributed by atoms with E-state index in [1.165, 1.54) is 19.3 Å². The molecule has 1 aromatic heterocycles. The lowest BCUT2D eigenvalue weighted by Gasteiger charge is -2.31. The van der Waals surface area contributed by atoms with Crippen molar-refractivity contribution in [2.45, 2.75) is 39.2 Å². The Morgan fingerprint density at radius 2 is 2.10 bits per heavy atom. The van der Waals surface area contributed by atoms with Crippen LogP contribution in [0.1, 0.15) is 52.7 Å². The lowest BCUT2D eigenvalue weighted by atomic mass is 9.77. The van der Waals surface area contributed by atoms with Gasteiger partial charge in [-0.3, -0.25) is 4.79 Å². The van der Waals surface area contributed by atoms with Gasteiger partial charge in [0.25, 0.3) is 5.91 Å². The molecule has 1 amide bonds. The van der Waals surface area contributed by atoms with Crippen LogP contribution < -0.4 is 5.32 Å². The Kier molecular flexibility index (Phi) is 2.67. The van der Waals surface area contributed by atoms with Crippen molar-refractivity contribution < 1.29 is 9.32 Å². The number of benzene rings is 1. The Morgan fingerprint density at radius 3 is 2.71 bits per heavy atom. The zero-order valence-electron chi connectivity index (χ0n) is 12.3. The van der Waals surface area contributed by atoms with Crippen LogP contribution in [0.15, 0.2) is 22.7 Å². The molecule has 0 spiro atoms. The highest BCUT2D eigenvalue weighted by molar-refractivity contribution is 6.00. The lowest BCUT2D eigenvalue weighted by molar-refractivity contribution is 0.0932. The van der Waals surface area contributed by atoms with Gasteiger partial charge in [-0.1, -0.05) is 17.6 Å². The summed E-state index contributed by atoms with van der Waals surface area (Å²) in [5, 5.41) is 7.17. The summed E-state index contributed by atoms with van der Waals surface area (Å²) in [6.07, 6.45) is 3.69. The van der Waals surface area contributed by atoms with Crippen LogP contribution in [0.5, 0.6) is 0 Å². The normalized spacial score (nSPS) is 21.0. The van der Waals surface area contributed by atoms with Gasteiger partial charge < -0.3 is 9.84 Å². The number of carbonyl (C=O) groups is 1.